The number of aromatic nitrogens is 1. The van der Waals surface area contributed by atoms with E-state index in [0.717, 1.165) is 83.0 Å². The van der Waals surface area contributed by atoms with Gasteiger partial charge >= 0.3 is 0 Å². The van der Waals surface area contributed by atoms with Gasteiger partial charge in [0.2, 0.25) is 0 Å². The molecule has 5 heterocycles. The fraction of sp³-hybridized carbons (Fsp3) is 0.317. The summed E-state index contributed by atoms with van der Waals surface area (Å²) in [5, 5.41) is 40.6. The summed E-state index contributed by atoms with van der Waals surface area (Å²) in [5.41, 5.74) is 11.8. The summed E-state index contributed by atoms with van der Waals surface area (Å²) in [4.78, 5) is 30.7. The Hall–Kier alpha value is -6.56. The quantitative estimate of drug-likeness (QED) is 0.0289. The molecule has 8 N–H and O–H groups in total. The van der Waals surface area contributed by atoms with E-state index in [4.69, 9.17) is 15.9 Å². The average molecular weight is 1060 g/mol. The lowest BCUT2D eigenvalue weighted by Crippen LogP contribution is -2.55. The van der Waals surface area contributed by atoms with E-state index in [9.17, 15) is 32.8 Å². The monoisotopic (exact) mass is 1060 g/mol. The van der Waals surface area contributed by atoms with Crippen molar-refractivity contribution >= 4 is 38.7 Å². The molecule has 13 nitrogen and oxygen atoms in total. The molecule has 1 aromatic heterocycles. The number of benzene rings is 6. The van der Waals surface area contributed by atoms with E-state index < -0.39 is 21.5 Å². The van der Waals surface area contributed by atoms with Crippen LogP contribution in [0.5, 0.6) is 0 Å². The lowest BCUT2D eigenvalue weighted by atomic mass is 9.72. The third kappa shape index (κ3) is 18.3. The van der Waals surface area contributed by atoms with Gasteiger partial charge in [-0.25, -0.2) is 0 Å². The molecule has 0 spiro atoms. The number of pyridine rings is 1. The number of carbonyl (C=O) groups is 2. The molecule has 6 aromatic carbocycles. The zero-order valence-electron chi connectivity index (χ0n) is 43.8. The summed E-state index contributed by atoms with van der Waals surface area (Å²) in [7, 11) is -4.34. The summed E-state index contributed by atoms with van der Waals surface area (Å²) in [6, 6.07) is 53.4. The molecular formula is C63H74N4O9S. The number of hydrogen-bond acceptors (Lipinski definition) is 12. The van der Waals surface area contributed by atoms with Gasteiger partial charge in [0.25, 0.3) is 10.1 Å². The zero-order chi connectivity index (χ0) is 55.0. The minimum atomic E-state index is -4.34. The highest BCUT2D eigenvalue weighted by Gasteiger charge is 2.42. The largest absolute Gasteiger partial charge is 0.395 e. The SMILES string of the molecule is CCC1CN2CCC1CC2[C@H](O)c1ccnc2ccc(CO)cc12.N[C@@H](CO)c1ccccc1.O=C(/C=C/c1ccccc1)c1ccccc1.O=C(CC(c1ccccc1)S(=O)(=O)O)c1ccccc1.OC[C@@H]1CCCN1. The Kier molecular flexibility index (Phi) is 24.0. The van der Waals surface area contributed by atoms with E-state index in [0.29, 0.717) is 23.8 Å². The van der Waals surface area contributed by atoms with Crippen molar-refractivity contribution in [3.63, 3.8) is 0 Å². The number of Topliss-reactive ketones (excluding diaryl/α,β-unsaturated/α-hetero) is 1. The summed E-state index contributed by atoms with van der Waals surface area (Å²) in [6.45, 7) is 5.91. The molecule has 8 atom stereocenters. The first-order chi connectivity index (χ1) is 37.3. The summed E-state index contributed by atoms with van der Waals surface area (Å²) in [6.07, 6.45) is 10.4. The molecular weight excluding hydrogens is 989 g/mol. The first-order valence-electron chi connectivity index (χ1n) is 26.4. The highest BCUT2D eigenvalue weighted by atomic mass is 32.2. The van der Waals surface area contributed by atoms with Gasteiger partial charge in [0.1, 0.15) is 5.25 Å². The molecule has 0 amide bonds. The molecule has 0 aliphatic carbocycles. The highest BCUT2D eigenvalue weighted by Crippen LogP contribution is 2.42. The van der Waals surface area contributed by atoms with E-state index in [1.54, 1.807) is 72.9 Å². The van der Waals surface area contributed by atoms with Gasteiger partial charge in [-0.15, -0.1) is 0 Å². The molecule has 0 saturated carbocycles. The van der Waals surface area contributed by atoms with E-state index in [2.05, 4.69) is 22.1 Å². The molecule has 14 heteroatoms. The lowest BCUT2D eigenvalue weighted by Gasteiger charge is -2.51. The lowest BCUT2D eigenvalue weighted by molar-refractivity contribution is -0.0562. The number of hydrogen-bond donors (Lipinski definition) is 7. The Morgan fingerprint density at radius 2 is 1.38 bits per heavy atom. The van der Waals surface area contributed by atoms with Crippen molar-refractivity contribution < 1.29 is 43.0 Å². The average Bonchev–Trinajstić information content (AvgIpc) is 4.06. The van der Waals surface area contributed by atoms with Gasteiger partial charge in [-0.3, -0.25) is 24.0 Å². The van der Waals surface area contributed by atoms with Crippen LogP contribution in [0.1, 0.15) is 111 Å². The van der Waals surface area contributed by atoms with Crippen molar-refractivity contribution in [2.45, 2.75) is 81.5 Å². The van der Waals surface area contributed by atoms with Crippen molar-refractivity contribution in [2.24, 2.45) is 17.6 Å². The second kappa shape index (κ2) is 31.0. The van der Waals surface area contributed by atoms with Crippen molar-refractivity contribution in [3.05, 3.63) is 227 Å². The number of carbonyl (C=O) groups excluding carboxylic acids is 2. The third-order valence-electron chi connectivity index (χ3n) is 14.3. The molecule has 406 valence electrons. The normalized spacial score (nSPS) is 19.6. The second-order valence-corrected chi connectivity index (χ2v) is 21.0. The van der Waals surface area contributed by atoms with Crippen LogP contribution in [-0.4, -0.2) is 99.8 Å². The second-order valence-electron chi connectivity index (χ2n) is 19.4. The van der Waals surface area contributed by atoms with Gasteiger partial charge < -0.3 is 31.5 Å². The molecule has 7 aromatic rings. The topological polar surface area (TPSA) is 224 Å². The highest BCUT2D eigenvalue weighted by molar-refractivity contribution is 7.86. The van der Waals surface area contributed by atoms with E-state index in [1.807, 2.05) is 121 Å². The number of fused-ring (bicyclic) bond motifs is 4. The van der Waals surface area contributed by atoms with Crippen molar-refractivity contribution in [1.29, 1.82) is 0 Å². The van der Waals surface area contributed by atoms with Crippen LogP contribution in [0.25, 0.3) is 17.0 Å². The summed E-state index contributed by atoms with van der Waals surface area (Å²) in [5.74, 6) is 1.25. The maximum atomic E-state index is 12.1. The van der Waals surface area contributed by atoms with Crippen LogP contribution in [0, 0.1) is 11.8 Å². The molecule has 77 heavy (non-hydrogen) atoms. The molecule has 4 saturated heterocycles. The number of nitrogens with two attached hydrogens (primary N) is 1. The Labute approximate surface area is 453 Å². The molecule has 2 bridgehead atoms. The van der Waals surface area contributed by atoms with Gasteiger partial charge in [0.05, 0.1) is 37.5 Å². The fourth-order valence-electron chi connectivity index (χ4n) is 9.87. The molecule has 4 fully saturated rings. The zero-order valence-corrected chi connectivity index (χ0v) is 44.6. The summed E-state index contributed by atoms with van der Waals surface area (Å²) >= 11 is 0. The van der Waals surface area contributed by atoms with Gasteiger partial charge in [-0.2, -0.15) is 8.42 Å². The minimum Gasteiger partial charge on any atom is -0.395 e. The number of ketones is 2. The Bertz CT molecular complexity index is 2990. The number of nitrogens with zero attached hydrogens (tertiary/aromatic N) is 2. The first kappa shape index (κ1) is 59.7. The number of allylic oxidation sites excluding steroid dienone is 1. The number of piperidine rings is 3. The number of nitrogens with one attached hydrogen (secondary N) is 1. The van der Waals surface area contributed by atoms with E-state index in [1.165, 1.54) is 19.3 Å². The Morgan fingerprint density at radius 1 is 0.779 bits per heavy atom. The van der Waals surface area contributed by atoms with Crippen LogP contribution < -0.4 is 11.1 Å². The number of aliphatic hydroxyl groups is 4. The summed E-state index contributed by atoms with van der Waals surface area (Å²) < 4.78 is 32.4. The van der Waals surface area contributed by atoms with Crippen molar-refractivity contribution in [3.8, 4) is 0 Å². The molecule has 4 aliphatic rings. The van der Waals surface area contributed by atoms with Gasteiger partial charge in [-0.1, -0.05) is 177 Å². The molecule has 0 radical (unpaired) electrons. The molecule has 11 rings (SSSR count). The number of rotatable bonds is 15. The van der Waals surface area contributed by atoms with Crippen LogP contribution in [-0.2, 0) is 16.7 Å². The third-order valence-corrected chi connectivity index (χ3v) is 15.4. The van der Waals surface area contributed by atoms with Crippen LogP contribution in [0.15, 0.2) is 188 Å². The predicted octanol–water partition coefficient (Wildman–Crippen LogP) is 9.76. The standard InChI is InChI=1S/C20H26N2O2.C15H14O4S.C15H12O.C8H11NO.C5H11NO/c1-2-14-11-22-8-6-15(14)10-19(22)20(24)16-5-7-21-18-4-3-13(12-23)9-17(16)18;16-14(12-7-3-1-4-8-12)11-15(20(17,18)19)13-9-5-2-6-10-13;16-15(14-9-5-2-6-10-14)12-11-13-7-3-1-4-8-13;9-8(6-10)7-4-2-1-3-5-7;7-4-5-2-1-3-6-5/h3-5,7,9,14-15,19-20,23-24H,2,6,8,10-12H2,1H3;1-10,15H,11H2,(H,17,18,19);1-12H;1-5,8,10H,6,9H2;5-7H,1-4H2/b;;12-11+;;/t14?,15?,19?,20-;;;8-;5-/m1..00/s1. The van der Waals surface area contributed by atoms with Crippen LogP contribution in [0.4, 0.5) is 0 Å². The van der Waals surface area contributed by atoms with Gasteiger partial charge in [-0.05, 0) is 103 Å². The first-order valence-corrected chi connectivity index (χ1v) is 27.9. The Morgan fingerprint density at radius 3 is 1.90 bits per heavy atom. The minimum absolute atomic E-state index is 0.00398. The van der Waals surface area contributed by atoms with E-state index in [-0.39, 0.29) is 43.3 Å². The fourth-order valence-corrected chi connectivity index (χ4v) is 10.7. The van der Waals surface area contributed by atoms with Crippen molar-refractivity contribution in [1.82, 2.24) is 15.2 Å². The predicted molar refractivity (Wildman–Crippen MR) is 305 cm³/mol. The van der Waals surface area contributed by atoms with Gasteiger partial charge in [0.15, 0.2) is 11.6 Å². The number of aliphatic hydroxyl groups excluding tert-OH is 4. The maximum absolute atomic E-state index is 12.1. The van der Waals surface area contributed by atoms with E-state index >= 15 is 0 Å². The Balaban J connectivity index is 0.000000165. The smallest absolute Gasteiger partial charge is 0.272 e. The maximum Gasteiger partial charge on any atom is 0.272 e. The molecule has 4 aliphatic heterocycles. The molecule has 5 unspecified atom stereocenters. The van der Waals surface area contributed by atoms with Crippen LogP contribution >= 0.6 is 0 Å². The van der Waals surface area contributed by atoms with Gasteiger partial charge in [0, 0.05) is 47.8 Å². The van der Waals surface area contributed by atoms with Crippen molar-refractivity contribution in [2.75, 3.05) is 32.8 Å². The van der Waals surface area contributed by atoms with Crippen LogP contribution in [0.2, 0.25) is 0 Å². The van der Waals surface area contributed by atoms with Crippen LogP contribution in [0.3, 0.4) is 0 Å².